The molecule has 0 aromatic carbocycles. The molecule has 2 aliphatic carbocycles. The predicted octanol–water partition coefficient (Wildman–Crippen LogP) is 4.16. The van der Waals surface area contributed by atoms with Gasteiger partial charge >= 0.3 is 11.8 Å². The van der Waals surface area contributed by atoms with E-state index < -0.39 is 6.09 Å². The minimum atomic E-state index is -0.745. The number of carbonyl (C=O) groups is 1. The summed E-state index contributed by atoms with van der Waals surface area (Å²) in [4.78, 5) is 31.3. The van der Waals surface area contributed by atoms with Crippen LogP contribution < -0.4 is 21.5 Å². The average Bonchev–Trinajstić information content (AvgIpc) is 3.51. The summed E-state index contributed by atoms with van der Waals surface area (Å²) >= 11 is 0. The highest BCUT2D eigenvalue weighted by atomic mass is 16.5. The number of fused-ring (bicyclic) bond motifs is 1. The molecular formula is C26H33N7O4. The number of nitriles is 1. The van der Waals surface area contributed by atoms with Crippen molar-refractivity contribution in [2.45, 2.75) is 63.5 Å². The largest absolute Gasteiger partial charge is 0.474 e. The summed E-state index contributed by atoms with van der Waals surface area (Å²) < 4.78 is 13.6. The van der Waals surface area contributed by atoms with Gasteiger partial charge in [-0.3, -0.25) is 9.13 Å². The van der Waals surface area contributed by atoms with Crippen molar-refractivity contribution >= 4 is 28.8 Å². The second-order valence-electron chi connectivity index (χ2n) is 9.44. The fraction of sp³-hybridized carbons (Fsp3) is 0.500. The lowest BCUT2D eigenvalue weighted by Gasteiger charge is -2.25. The molecule has 0 atom stereocenters. The summed E-state index contributed by atoms with van der Waals surface area (Å²) in [6.45, 7) is 0. The molecule has 5 rings (SSSR count). The number of ether oxygens (including phenoxy) is 2. The van der Waals surface area contributed by atoms with Crippen LogP contribution in [-0.4, -0.2) is 38.4 Å². The number of imidazole rings is 1. The lowest BCUT2D eigenvalue weighted by Crippen LogP contribution is -2.24. The number of hydrogen-bond donors (Lipinski definition) is 2. The number of aromatic nitrogens is 4. The quantitative estimate of drug-likeness (QED) is 0.522. The van der Waals surface area contributed by atoms with E-state index >= 15 is 0 Å². The summed E-state index contributed by atoms with van der Waals surface area (Å²) in [5, 5.41) is 12.3. The van der Waals surface area contributed by atoms with Crippen LogP contribution in [0.5, 0.6) is 5.88 Å². The van der Waals surface area contributed by atoms with Gasteiger partial charge in [0.1, 0.15) is 17.7 Å². The maximum atomic E-state index is 12.8. The Kier molecular flexibility index (Phi) is 8.28. The number of amides is 1. The second kappa shape index (κ2) is 11.8. The number of nitrogens with one attached hydrogen (secondary N) is 1. The minimum absolute atomic E-state index is 0.0190. The summed E-state index contributed by atoms with van der Waals surface area (Å²) in [5.41, 5.74) is 6.19. The summed E-state index contributed by atoms with van der Waals surface area (Å²) in [6.07, 6.45) is 9.03. The smallest absolute Gasteiger partial charge is 0.404 e. The van der Waals surface area contributed by atoms with Gasteiger partial charge in [0, 0.05) is 31.1 Å². The number of rotatable bonds is 5. The Balaban J connectivity index is 0.000000586. The summed E-state index contributed by atoms with van der Waals surface area (Å²) in [6, 6.07) is 10.2. The van der Waals surface area contributed by atoms with E-state index in [0.29, 0.717) is 17.5 Å². The van der Waals surface area contributed by atoms with Crippen molar-refractivity contribution in [3.05, 3.63) is 40.9 Å². The molecule has 11 nitrogen and oxygen atoms in total. The second-order valence-corrected chi connectivity index (χ2v) is 9.44. The SMILES string of the molecule is COC(N)=O.Cn1c(=O)n(C2CCCC2)c2cc(Nc3cccc(OC4CCC(C#N)CC4)n3)ncc21. The van der Waals surface area contributed by atoms with Gasteiger partial charge in [-0.25, -0.2) is 14.6 Å². The topological polar surface area (TPSA) is 150 Å². The third-order valence-electron chi connectivity index (χ3n) is 6.99. The third-order valence-corrected chi connectivity index (χ3v) is 6.99. The van der Waals surface area contributed by atoms with Crippen LogP contribution in [0.1, 0.15) is 57.4 Å². The van der Waals surface area contributed by atoms with Crippen molar-refractivity contribution in [3.63, 3.8) is 0 Å². The van der Waals surface area contributed by atoms with Crippen LogP contribution in [0, 0.1) is 17.2 Å². The van der Waals surface area contributed by atoms with Crippen LogP contribution in [-0.2, 0) is 11.8 Å². The molecule has 3 aromatic rings. The molecule has 0 aliphatic heterocycles. The highest BCUT2D eigenvalue weighted by Crippen LogP contribution is 2.32. The molecule has 2 aliphatic rings. The van der Waals surface area contributed by atoms with Gasteiger partial charge in [0.2, 0.25) is 5.88 Å². The van der Waals surface area contributed by atoms with Gasteiger partial charge in [-0.2, -0.15) is 10.2 Å². The molecule has 11 heteroatoms. The molecule has 0 bridgehead atoms. The predicted molar refractivity (Wildman–Crippen MR) is 139 cm³/mol. The van der Waals surface area contributed by atoms with E-state index in [1.54, 1.807) is 17.8 Å². The maximum Gasteiger partial charge on any atom is 0.404 e. The molecule has 0 unspecified atom stereocenters. The third kappa shape index (κ3) is 6.20. The van der Waals surface area contributed by atoms with Crippen LogP contribution in [0.2, 0.25) is 0 Å². The molecule has 0 saturated heterocycles. The van der Waals surface area contributed by atoms with E-state index in [4.69, 9.17) is 10.00 Å². The fourth-order valence-corrected chi connectivity index (χ4v) is 5.00. The molecule has 37 heavy (non-hydrogen) atoms. The molecular weight excluding hydrogens is 474 g/mol. The Morgan fingerprint density at radius 1 is 1.14 bits per heavy atom. The first-order valence-corrected chi connectivity index (χ1v) is 12.6. The first kappa shape index (κ1) is 26.0. The van der Waals surface area contributed by atoms with Crippen molar-refractivity contribution in [1.29, 1.82) is 5.26 Å². The first-order valence-electron chi connectivity index (χ1n) is 12.6. The van der Waals surface area contributed by atoms with Crippen LogP contribution in [0.25, 0.3) is 11.0 Å². The van der Waals surface area contributed by atoms with E-state index in [9.17, 15) is 9.59 Å². The standard InChI is InChI=1S/C24H28N6O2.C2H5NO2/c1-29-20-15-26-22(13-19(20)30(24(29)31)17-5-2-3-6-17)27-21-7-4-8-23(28-21)32-18-11-9-16(14-25)10-12-18;1-5-2(3)4/h4,7-8,13,15-18H,2-3,5-6,9-12H2,1H3,(H,26,27,28);1H3,(H2,3,4). The zero-order chi connectivity index (χ0) is 26.4. The number of nitrogens with two attached hydrogens (primary N) is 1. The van der Waals surface area contributed by atoms with Crippen LogP contribution in [0.4, 0.5) is 16.4 Å². The first-order chi connectivity index (χ1) is 17.9. The fourth-order valence-electron chi connectivity index (χ4n) is 5.00. The number of pyridine rings is 2. The molecule has 0 radical (unpaired) electrons. The van der Waals surface area contributed by atoms with E-state index in [2.05, 4.69) is 31.8 Å². The van der Waals surface area contributed by atoms with Crippen molar-refractivity contribution in [2.75, 3.05) is 12.4 Å². The van der Waals surface area contributed by atoms with Gasteiger partial charge in [0.15, 0.2) is 0 Å². The lowest BCUT2D eigenvalue weighted by molar-refractivity contribution is 0.137. The van der Waals surface area contributed by atoms with E-state index in [0.717, 1.165) is 49.6 Å². The number of hydrogen-bond acceptors (Lipinski definition) is 8. The number of carbonyl (C=O) groups excluding carboxylic acids is 1. The summed E-state index contributed by atoms with van der Waals surface area (Å²) in [7, 11) is 3.03. The Morgan fingerprint density at radius 3 is 2.49 bits per heavy atom. The monoisotopic (exact) mass is 507 g/mol. The van der Waals surface area contributed by atoms with E-state index in [1.807, 2.05) is 28.8 Å². The van der Waals surface area contributed by atoms with Gasteiger partial charge in [-0.15, -0.1) is 0 Å². The normalized spacial score (nSPS) is 19.5. The number of primary amides is 1. The highest BCUT2D eigenvalue weighted by Gasteiger charge is 2.24. The molecule has 3 aromatic heterocycles. The Labute approximate surface area is 215 Å². The Hall–Kier alpha value is -4.07. The van der Waals surface area contributed by atoms with Gasteiger partial charge in [-0.1, -0.05) is 18.9 Å². The van der Waals surface area contributed by atoms with Crippen molar-refractivity contribution in [2.24, 2.45) is 18.7 Å². The Morgan fingerprint density at radius 2 is 1.84 bits per heavy atom. The molecule has 2 saturated carbocycles. The number of methoxy groups -OCH3 is 1. The molecule has 3 N–H and O–H groups in total. The molecule has 3 heterocycles. The van der Waals surface area contributed by atoms with Crippen LogP contribution in [0.15, 0.2) is 35.3 Å². The van der Waals surface area contributed by atoms with Crippen LogP contribution >= 0.6 is 0 Å². The number of aryl methyl sites for hydroxylation is 1. The average molecular weight is 508 g/mol. The lowest BCUT2D eigenvalue weighted by atomic mass is 9.88. The van der Waals surface area contributed by atoms with E-state index in [1.165, 1.54) is 20.0 Å². The molecule has 1 amide bonds. The van der Waals surface area contributed by atoms with Gasteiger partial charge in [0.25, 0.3) is 0 Å². The van der Waals surface area contributed by atoms with Crippen molar-refractivity contribution in [1.82, 2.24) is 19.1 Å². The number of nitrogens with zero attached hydrogens (tertiary/aromatic N) is 5. The molecule has 196 valence electrons. The minimum Gasteiger partial charge on any atom is -0.474 e. The van der Waals surface area contributed by atoms with Gasteiger partial charge in [-0.05, 0) is 44.6 Å². The molecule has 0 spiro atoms. The van der Waals surface area contributed by atoms with Gasteiger partial charge < -0.3 is 20.5 Å². The van der Waals surface area contributed by atoms with Crippen LogP contribution in [0.3, 0.4) is 0 Å². The zero-order valence-electron chi connectivity index (χ0n) is 21.2. The van der Waals surface area contributed by atoms with E-state index in [-0.39, 0.29) is 23.8 Å². The van der Waals surface area contributed by atoms with Gasteiger partial charge in [0.05, 0.1) is 30.4 Å². The van der Waals surface area contributed by atoms with Crippen molar-refractivity contribution < 1.29 is 14.3 Å². The maximum absolute atomic E-state index is 12.8. The highest BCUT2D eigenvalue weighted by molar-refractivity contribution is 5.79. The molecule has 2 fully saturated rings. The Bertz CT molecular complexity index is 1330. The zero-order valence-corrected chi connectivity index (χ0v) is 21.2. The number of anilines is 2. The summed E-state index contributed by atoms with van der Waals surface area (Å²) in [5.74, 6) is 2.01. The van der Waals surface area contributed by atoms with Crippen molar-refractivity contribution in [3.8, 4) is 11.9 Å².